The van der Waals surface area contributed by atoms with E-state index in [0.717, 1.165) is 23.3 Å². The minimum absolute atomic E-state index is 0.743. The number of hydrogen-bond donors (Lipinski definition) is 0. The van der Waals surface area contributed by atoms with E-state index in [4.69, 9.17) is 0 Å². The number of nitrogens with zero attached hydrogens (tertiary/aromatic N) is 2. The summed E-state index contributed by atoms with van der Waals surface area (Å²) in [5.41, 5.74) is 0.755. The van der Waals surface area contributed by atoms with Crippen LogP contribution >= 0.6 is 0 Å². The summed E-state index contributed by atoms with van der Waals surface area (Å²) in [4.78, 5) is 5.42. The van der Waals surface area contributed by atoms with Crippen LogP contribution in [0.1, 0.15) is 73.1 Å². The zero-order valence-electron chi connectivity index (χ0n) is 15.9. The summed E-state index contributed by atoms with van der Waals surface area (Å²) < 4.78 is 0. The summed E-state index contributed by atoms with van der Waals surface area (Å²) >= 11 is 0. The SMILES string of the molecule is CC.CC1CCC2(CC1)CN(CC1CCN(C(C)C)CC1)C2. The van der Waals surface area contributed by atoms with Gasteiger partial charge in [0, 0.05) is 25.7 Å². The van der Waals surface area contributed by atoms with Gasteiger partial charge in [-0.05, 0) is 69.9 Å². The highest BCUT2D eigenvalue weighted by atomic mass is 15.2. The van der Waals surface area contributed by atoms with Crippen LogP contribution in [0.5, 0.6) is 0 Å². The third kappa shape index (κ3) is 4.47. The Labute approximate surface area is 139 Å². The standard InChI is InChI=1S/C18H34N2.C2H6/c1-15(2)20-10-6-17(7-11-20)12-19-13-18(14-19)8-4-16(3)5-9-18;1-2/h15-17H,4-14H2,1-3H3;1-2H3. The molecule has 1 spiro atoms. The largest absolute Gasteiger partial charge is 0.302 e. The minimum atomic E-state index is 0.743. The first-order chi connectivity index (χ1) is 10.6. The second-order valence-electron chi connectivity index (χ2n) is 8.43. The highest BCUT2D eigenvalue weighted by Gasteiger charge is 2.44. The zero-order chi connectivity index (χ0) is 16.2. The van der Waals surface area contributed by atoms with E-state index in [1.807, 2.05) is 13.8 Å². The molecule has 0 aromatic heterocycles. The Morgan fingerprint density at radius 3 is 2.00 bits per heavy atom. The van der Waals surface area contributed by atoms with Crippen LogP contribution in [-0.2, 0) is 0 Å². The molecule has 2 nitrogen and oxygen atoms in total. The summed E-state index contributed by atoms with van der Waals surface area (Å²) in [7, 11) is 0. The van der Waals surface area contributed by atoms with E-state index in [2.05, 4.69) is 30.6 Å². The molecular formula is C20H40N2. The van der Waals surface area contributed by atoms with Crippen molar-refractivity contribution in [2.45, 2.75) is 79.2 Å². The van der Waals surface area contributed by atoms with Crippen molar-refractivity contribution in [2.24, 2.45) is 17.3 Å². The van der Waals surface area contributed by atoms with Gasteiger partial charge in [-0.25, -0.2) is 0 Å². The molecule has 0 aromatic rings. The molecule has 0 radical (unpaired) electrons. The summed E-state index contributed by atoms with van der Waals surface area (Å²) in [6.45, 7) is 18.0. The van der Waals surface area contributed by atoms with Crippen molar-refractivity contribution >= 4 is 0 Å². The Hall–Kier alpha value is -0.0800. The fourth-order valence-corrected chi connectivity index (χ4v) is 4.74. The number of rotatable bonds is 3. The average Bonchev–Trinajstić information content (AvgIpc) is 2.50. The van der Waals surface area contributed by atoms with Gasteiger partial charge in [0.2, 0.25) is 0 Å². The van der Waals surface area contributed by atoms with Crippen LogP contribution in [0, 0.1) is 17.3 Å². The van der Waals surface area contributed by atoms with Crippen molar-refractivity contribution < 1.29 is 0 Å². The first-order valence-electron chi connectivity index (χ1n) is 10.0. The molecule has 22 heavy (non-hydrogen) atoms. The number of hydrogen-bond acceptors (Lipinski definition) is 2. The normalized spacial score (nSPS) is 27.5. The van der Waals surface area contributed by atoms with E-state index < -0.39 is 0 Å². The first-order valence-corrected chi connectivity index (χ1v) is 10.0. The van der Waals surface area contributed by atoms with E-state index >= 15 is 0 Å². The van der Waals surface area contributed by atoms with Gasteiger partial charge in [-0.1, -0.05) is 33.6 Å². The van der Waals surface area contributed by atoms with Gasteiger partial charge >= 0.3 is 0 Å². The van der Waals surface area contributed by atoms with Crippen LogP contribution in [-0.4, -0.2) is 48.6 Å². The summed E-state index contributed by atoms with van der Waals surface area (Å²) in [5, 5.41) is 0. The summed E-state index contributed by atoms with van der Waals surface area (Å²) in [6.07, 6.45) is 8.85. The summed E-state index contributed by atoms with van der Waals surface area (Å²) in [5.74, 6) is 1.97. The lowest BCUT2D eigenvalue weighted by Crippen LogP contribution is -2.58. The van der Waals surface area contributed by atoms with Crippen LogP contribution in [0.25, 0.3) is 0 Å². The number of likely N-dealkylation sites (tertiary alicyclic amines) is 2. The van der Waals surface area contributed by atoms with Crippen LogP contribution in [0.2, 0.25) is 0 Å². The molecule has 0 bridgehead atoms. The molecule has 1 aliphatic carbocycles. The van der Waals surface area contributed by atoms with Crippen molar-refractivity contribution in [2.75, 3.05) is 32.7 Å². The third-order valence-corrected chi connectivity index (χ3v) is 6.35. The van der Waals surface area contributed by atoms with Crippen molar-refractivity contribution in [3.8, 4) is 0 Å². The molecule has 1 saturated carbocycles. The van der Waals surface area contributed by atoms with Gasteiger partial charge in [-0.3, -0.25) is 0 Å². The van der Waals surface area contributed by atoms with Gasteiger partial charge in [0.05, 0.1) is 0 Å². The van der Waals surface area contributed by atoms with Gasteiger partial charge in [0.1, 0.15) is 0 Å². The maximum atomic E-state index is 2.77. The van der Waals surface area contributed by atoms with Gasteiger partial charge in [0.15, 0.2) is 0 Å². The quantitative estimate of drug-likeness (QED) is 0.749. The molecule has 3 aliphatic rings. The van der Waals surface area contributed by atoms with Crippen molar-refractivity contribution in [3.63, 3.8) is 0 Å². The maximum absolute atomic E-state index is 2.77. The molecule has 0 N–H and O–H groups in total. The lowest BCUT2D eigenvalue weighted by molar-refractivity contribution is -0.0488. The van der Waals surface area contributed by atoms with Crippen LogP contribution in [0.4, 0.5) is 0 Å². The van der Waals surface area contributed by atoms with Crippen LogP contribution in [0.3, 0.4) is 0 Å². The minimum Gasteiger partial charge on any atom is -0.302 e. The summed E-state index contributed by atoms with van der Waals surface area (Å²) in [6, 6.07) is 0.743. The van der Waals surface area contributed by atoms with Crippen molar-refractivity contribution in [3.05, 3.63) is 0 Å². The van der Waals surface area contributed by atoms with Crippen LogP contribution in [0.15, 0.2) is 0 Å². The lowest BCUT2D eigenvalue weighted by atomic mass is 9.66. The van der Waals surface area contributed by atoms with E-state index in [-0.39, 0.29) is 0 Å². The Kier molecular flexibility index (Phi) is 6.76. The molecular weight excluding hydrogens is 268 g/mol. The fraction of sp³-hybridized carbons (Fsp3) is 1.00. The number of piperidine rings is 1. The van der Waals surface area contributed by atoms with Gasteiger partial charge in [-0.15, -0.1) is 0 Å². The maximum Gasteiger partial charge on any atom is 0.00506 e. The molecule has 3 rings (SSSR count). The highest BCUT2D eigenvalue weighted by Crippen LogP contribution is 2.45. The molecule has 0 unspecified atom stereocenters. The monoisotopic (exact) mass is 308 g/mol. The average molecular weight is 309 g/mol. The second-order valence-corrected chi connectivity index (χ2v) is 8.43. The molecule has 2 heterocycles. The zero-order valence-corrected chi connectivity index (χ0v) is 15.9. The first kappa shape index (κ1) is 18.3. The second kappa shape index (κ2) is 8.15. The van der Waals surface area contributed by atoms with Gasteiger partial charge in [0.25, 0.3) is 0 Å². The predicted octanol–water partition coefficient (Wildman–Crippen LogP) is 4.65. The molecule has 0 amide bonds. The Bertz CT molecular complexity index is 302. The van der Waals surface area contributed by atoms with Crippen LogP contribution < -0.4 is 0 Å². The smallest absolute Gasteiger partial charge is 0.00506 e. The lowest BCUT2D eigenvalue weighted by Gasteiger charge is -2.54. The molecule has 3 fully saturated rings. The van der Waals surface area contributed by atoms with E-state index in [9.17, 15) is 0 Å². The van der Waals surface area contributed by atoms with E-state index in [1.165, 1.54) is 71.2 Å². The van der Waals surface area contributed by atoms with E-state index in [1.54, 1.807) is 0 Å². The van der Waals surface area contributed by atoms with Gasteiger partial charge < -0.3 is 9.80 Å². The predicted molar refractivity (Wildman–Crippen MR) is 97.3 cm³/mol. The Morgan fingerprint density at radius 1 is 0.955 bits per heavy atom. The Morgan fingerprint density at radius 2 is 1.50 bits per heavy atom. The van der Waals surface area contributed by atoms with Gasteiger partial charge in [-0.2, -0.15) is 0 Å². The molecule has 130 valence electrons. The molecule has 0 atom stereocenters. The molecule has 0 aromatic carbocycles. The molecule has 2 saturated heterocycles. The van der Waals surface area contributed by atoms with Crippen molar-refractivity contribution in [1.29, 1.82) is 0 Å². The molecule has 2 aliphatic heterocycles. The third-order valence-electron chi connectivity index (χ3n) is 6.35. The highest BCUT2D eigenvalue weighted by molar-refractivity contribution is 4.98. The Balaban J connectivity index is 0.000000847. The molecule has 2 heteroatoms. The topological polar surface area (TPSA) is 6.48 Å². The fourth-order valence-electron chi connectivity index (χ4n) is 4.74. The van der Waals surface area contributed by atoms with E-state index in [0.29, 0.717) is 0 Å². The van der Waals surface area contributed by atoms with Crippen molar-refractivity contribution in [1.82, 2.24) is 9.80 Å².